The van der Waals surface area contributed by atoms with Crippen LogP contribution in [0.2, 0.25) is 15.1 Å². The number of likely N-dealkylation sites (tertiary alicyclic amines) is 1. The van der Waals surface area contributed by atoms with Gasteiger partial charge in [0.05, 0.1) is 0 Å². The Labute approximate surface area is 194 Å². The predicted octanol–water partition coefficient (Wildman–Crippen LogP) is 6.44. The fourth-order valence-corrected chi connectivity index (χ4v) is 4.47. The van der Waals surface area contributed by atoms with E-state index in [1.165, 1.54) is 24.5 Å². The number of rotatable bonds is 8. The highest BCUT2D eigenvalue weighted by Gasteiger charge is 2.20. The highest BCUT2D eigenvalue weighted by Crippen LogP contribution is 2.28. The summed E-state index contributed by atoms with van der Waals surface area (Å²) in [5.41, 5.74) is 2.21. The second-order valence-corrected chi connectivity index (χ2v) is 9.01. The number of hydrogen-bond donors (Lipinski definition) is 1. The van der Waals surface area contributed by atoms with Gasteiger partial charge in [-0.15, -0.1) is 0 Å². The van der Waals surface area contributed by atoms with Crippen molar-refractivity contribution in [3.05, 3.63) is 74.7 Å². The van der Waals surface area contributed by atoms with E-state index in [1.807, 2.05) is 12.1 Å². The van der Waals surface area contributed by atoms with Crippen LogP contribution in [-0.4, -0.2) is 37.0 Å². The van der Waals surface area contributed by atoms with Crippen molar-refractivity contribution in [1.29, 1.82) is 0 Å². The molecule has 6 heteroatoms. The molecule has 160 valence electrons. The van der Waals surface area contributed by atoms with Crippen LogP contribution < -0.4 is 5.32 Å². The van der Waals surface area contributed by atoms with Gasteiger partial charge in [-0.1, -0.05) is 46.9 Å². The summed E-state index contributed by atoms with van der Waals surface area (Å²) in [6.45, 7) is 4.02. The highest BCUT2D eigenvalue weighted by molar-refractivity contribution is 6.34. The standard InChI is InChI=1S/C24H27Cl3N2O/c25-21-6-4-19(5-7-21)20-9-13-29(14-10-20)12-2-1-11-28-24(30)8-3-18-15-22(26)17-23(27)16-18/h3-8,15-17,20H,1-2,9-14H2,(H,28,30)/b8-3+. The number of halogens is 3. The Bertz CT molecular complexity index is 839. The third-order valence-electron chi connectivity index (χ3n) is 5.44. The third-order valence-corrected chi connectivity index (χ3v) is 6.13. The van der Waals surface area contributed by atoms with Gasteiger partial charge in [0, 0.05) is 27.7 Å². The second kappa shape index (κ2) is 11.8. The molecule has 1 heterocycles. The first-order valence-corrected chi connectivity index (χ1v) is 11.5. The van der Waals surface area contributed by atoms with E-state index < -0.39 is 0 Å². The molecule has 3 rings (SSSR count). The molecule has 1 N–H and O–H groups in total. The first-order valence-electron chi connectivity index (χ1n) is 10.4. The molecule has 0 aliphatic carbocycles. The van der Waals surface area contributed by atoms with E-state index in [0.29, 0.717) is 22.5 Å². The Hall–Kier alpha value is -1.52. The van der Waals surface area contributed by atoms with Gasteiger partial charge in [-0.3, -0.25) is 4.79 Å². The lowest BCUT2D eigenvalue weighted by Crippen LogP contribution is -2.34. The van der Waals surface area contributed by atoms with Gasteiger partial charge in [0.2, 0.25) is 5.91 Å². The molecular formula is C24H27Cl3N2O. The minimum Gasteiger partial charge on any atom is -0.353 e. The lowest BCUT2D eigenvalue weighted by atomic mass is 9.89. The lowest BCUT2D eigenvalue weighted by Gasteiger charge is -2.32. The number of benzene rings is 2. The summed E-state index contributed by atoms with van der Waals surface area (Å²) in [4.78, 5) is 14.5. The normalized spacial score (nSPS) is 15.6. The lowest BCUT2D eigenvalue weighted by molar-refractivity contribution is -0.116. The molecule has 1 saturated heterocycles. The first-order chi connectivity index (χ1) is 14.5. The summed E-state index contributed by atoms with van der Waals surface area (Å²) in [6.07, 6.45) is 7.67. The van der Waals surface area contributed by atoms with Gasteiger partial charge in [-0.05, 0) is 98.8 Å². The number of hydrogen-bond acceptors (Lipinski definition) is 2. The van der Waals surface area contributed by atoms with Crippen LogP contribution in [0.5, 0.6) is 0 Å². The molecule has 0 saturated carbocycles. The van der Waals surface area contributed by atoms with Crippen LogP contribution in [0.1, 0.15) is 42.7 Å². The van der Waals surface area contributed by atoms with E-state index in [0.717, 1.165) is 43.1 Å². The summed E-state index contributed by atoms with van der Waals surface area (Å²) in [7, 11) is 0. The molecule has 3 nitrogen and oxygen atoms in total. The van der Waals surface area contributed by atoms with E-state index in [-0.39, 0.29) is 5.91 Å². The average molecular weight is 466 g/mol. The first kappa shape index (κ1) is 23.1. The Balaban J connectivity index is 1.29. The molecule has 0 bridgehead atoms. The Morgan fingerprint density at radius 1 is 0.967 bits per heavy atom. The molecule has 1 amide bonds. The van der Waals surface area contributed by atoms with Crippen molar-refractivity contribution >= 4 is 46.8 Å². The molecule has 1 fully saturated rings. The zero-order valence-electron chi connectivity index (χ0n) is 16.9. The summed E-state index contributed by atoms with van der Waals surface area (Å²) < 4.78 is 0. The van der Waals surface area contributed by atoms with Gasteiger partial charge in [0.1, 0.15) is 0 Å². The quantitative estimate of drug-likeness (QED) is 0.359. The van der Waals surface area contributed by atoms with E-state index >= 15 is 0 Å². The van der Waals surface area contributed by atoms with Crippen molar-refractivity contribution in [2.24, 2.45) is 0 Å². The van der Waals surface area contributed by atoms with Gasteiger partial charge in [-0.25, -0.2) is 0 Å². The van der Waals surface area contributed by atoms with Gasteiger partial charge in [-0.2, -0.15) is 0 Å². The number of amides is 1. The van der Waals surface area contributed by atoms with Crippen molar-refractivity contribution in [2.75, 3.05) is 26.2 Å². The topological polar surface area (TPSA) is 32.3 Å². The van der Waals surface area contributed by atoms with E-state index in [1.54, 1.807) is 24.3 Å². The fourth-order valence-electron chi connectivity index (χ4n) is 3.80. The third kappa shape index (κ3) is 7.63. The minimum atomic E-state index is -0.102. The predicted molar refractivity (Wildman–Crippen MR) is 128 cm³/mol. The molecule has 1 aliphatic rings. The number of carbonyl (C=O) groups is 1. The van der Waals surface area contributed by atoms with Crippen molar-refractivity contribution in [3.8, 4) is 0 Å². The highest BCUT2D eigenvalue weighted by atomic mass is 35.5. The zero-order valence-corrected chi connectivity index (χ0v) is 19.2. The van der Waals surface area contributed by atoms with E-state index in [4.69, 9.17) is 34.8 Å². The average Bonchev–Trinajstić information content (AvgIpc) is 2.72. The maximum Gasteiger partial charge on any atom is 0.243 e. The van der Waals surface area contributed by atoms with Gasteiger partial charge < -0.3 is 10.2 Å². The number of unbranched alkanes of at least 4 members (excludes halogenated alkanes) is 1. The number of nitrogens with one attached hydrogen (secondary N) is 1. The molecule has 2 aromatic rings. The maximum absolute atomic E-state index is 12.0. The maximum atomic E-state index is 12.0. The molecule has 0 atom stereocenters. The molecule has 0 radical (unpaired) electrons. The fraction of sp³-hybridized carbons (Fsp3) is 0.375. The van der Waals surface area contributed by atoms with Crippen molar-refractivity contribution in [1.82, 2.24) is 10.2 Å². The molecule has 30 heavy (non-hydrogen) atoms. The van der Waals surface area contributed by atoms with Crippen LogP contribution in [0.3, 0.4) is 0 Å². The van der Waals surface area contributed by atoms with Crippen molar-refractivity contribution in [2.45, 2.75) is 31.6 Å². The van der Waals surface area contributed by atoms with Crippen molar-refractivity contribution in [3.63, 3.8) is 0 Å². The smallest absolute Gasteiger partial charge is 0.243 e. The Kier molecular flexibility index (Phi) is 9.07. The number of piperidine rings is 1. The van der Waals surface area contributed by atoms with Gasteiger partial charge in [0.25, 0.3) is 0 Å². The number of nitrogens with zero attached hydrogens (tertiary/aromatic N) is 1. The van der Waals surface area contributed by atoms with Crippen molar-refractivity contribution < 1.29 is 4.79 Å². The molecule has 0 aromatic heterocycles. The SMILES string of the molecule is O=C(/C=C/c1cc(Cl)cc(Cl)c1)NCCCCN1CCC(c2ccc(Cl)cc2)CC1. The van der Waals surface area contributed by atoms with Crippen LogP contribution in [0.4, 0.5) is 0 Å². The summed E-state index contributed by atoms with van der Waals surface area (Å²) >= 11 is 17.9. The van der Waals surface area contributed by atoms with Crippen LogP contribution in [-0.2, 0) is 4.79 Å². The second-order valence-electron chi connectivity index (χ2n) is 7.70. The molecular weight excluding hydrogens is 439 g/mol. The van der Waals surface area contributed by atoms with Crippen LogP contribution in [0.15, 0.2) is 48.5 Å². The van der Waals surface area contributed by atoms with Crippen LogP contribution in [0, 0.1) is 0 Å². The largest absolute Gasteiger partial charge is 0.353 e. The van der Waals surface area contributed by atoms with Gasteiger partial charge in [0.15, 0.2) is 0 Å². The monoisotopic (exact) mass is 464 g/mol. The zero-order chi connectivity index (χ0) is 21.3. The number of carbonyl (C=O) groups excluding carboxylic acids is 1. The minimum absolute atomic E-state index is 0.102. The summed E-state index contributed by atoms with van der Waals surface area (Å²) in [5, 5.41) is 4.84. The molecule has 0 unspecified atom stereocenters. The van der Waals surface area contributed by atoms with Crippen LogP contribution in [0.25, 0.3) is 6.08 Å². The van der Waals surface area contributed by atoms with E-state index in [9.17, 15) is 4.79 Å². The van der Waals surface area contributed by atoms with E-state index in [2.05, 4.69) is 22.3 Å². The molecule has 1 aliphatic heterocycles. The van der Waals surface area contributed by atoms with Gasteiger partial charge >= 0.3 is 0 Å². The Morgan fingerprint density at radius 2 is 1.63 bits per heavy atom. The van der Waals surface area contributed by atoms with Crippen LogP contribution >= 0.6 is 34.8 Å². The summed E-state index contributed by atoms with van der Waals surface area (Å²) in [5.74, 6) is 0.536. The Morgan fingerprint density at radius 3 is 2.30 bits per heavy atom. The molecule has 2 aromatic carbocycles. The summed E-state index contributed by atoms with van der Waals surface area (Å²) in [6, 6.07) is 13.5. The molecule has 0 spiro atoms.